The highest BCUT2D eigenvalue weighted by Crippen LogP contribution is 2.42. The maximum atomic E-state index is 12.8. The minimum atomic E-state index is -0.0175. The molecular formula is C22H14BrN3O2S. The van der Waals surface area contributed by atoms with Crippen molar-refractivity contribution < 1.29 is 9.32 Å². The van der Waals surface area contributed by atoms with Crippen molar-refractivity contribution in [3.8, 4) is 22.8 Å². The predicted octanol–water partition coefficient (Wildman–Crippen LogP) is 5.91. The van der Waals surface area contributed by atoms with E-state index < -0.39 is 0 Å². The molecule has 0 saturated heterocycles. The van der Waals surface area contributed by atoms with E-state index in [4.69, 9.17) is 4.52 Å². The first-order valence-corrected chi connectivity index (χ1v) is 10.5. The van der Waals surface area contributed by atoms with Gasteiger partial charge in [-0.3, -0.25) is 4.79 Å². The molecule has 142 valence electrons. The standard InChI is InChI=1S/C22H14BrN3O2S/c1-26-17-10-9-13(12-19(17)29-18-8-3-2-7-16(18)22(26)27)20-24-21(28-25-20)14-5-4-6-15(23)11-14/h2-12H,1H3. The van der Waals surface area contributed by atoms with Gasteiger partial charge in [-0.2, -0.15) is 4.98 Å². The van der Waals surface area contributed by atoms with Gasteiger partial charge < -0.3 is 9.42 Å². The molecule has 0 unspecified atom stereocenters. The van der Waals surface area contributed by atoms with Crippen molar-refractivity contribution >= 4 is 39.3 Å². The first kappa shape index (κ1) is 18.1. The van der Waals surface area contributed by atoms with E-state index >= 15 is 0 Å². The molecule has 0 aliphatic carbocycles. The van der Waals surface area contributed by atoms with Crippen LogP contribution in [-0.4, -0.2) is 23.1 Å². The molecule has 2 heterocycles. The highest BCUT2D eigenvalue weighted by atomic mass is 79.9. The molecule has 0 radical (unpaired) electrons. The van der Waals surface area contributed by atoms with E-state index in [-0.39, 0.29) is 5.91 Å². The van der Waals surface area contributed by atoms with Crippen LogP contribution in [0.1, 0.15) is 10.4 Å². The van der Waals surface area contributed by atoms with E-state index in [0.717, 1.165) is 31.1 Å². The summed E-state index contributed by atoms with van der Waals surface area (Å²) in [6.07, 6.45) is 0. The molecule has 4 aromatic rings. The van der Waals surface area contributed by atoms with Gasteiger partial charge in [0, 0.05) is 32.4 Å². The molecule has 5 rings (SSSR count). The molecule has 1 aliphatic heterocycles. The second kappa shape index (κ2) is 7.17. The summed E-state index contributed by atoms with van der Waals surface area (Å²) < 4.78 is 6.42. The second-order valence-electron chi connectivity index (χ2n) is 6.58. The Bertz CT molecular complexity index is 1250. The summed E-state index contributed by atoms with van der Waals surface area (Å²) in [5.41, 5.74) is 3.24. The number of nitrogens with zero attached hydrogens (tertiary/aromatic N) is 3. The number of carbonyl (C=O) groups is 1. The number of hydrogen-bond donors (Lipinski definition) is 0. The Hall–Kier alpha value is -2.90. The smallest absolute Gasteiger partial charge is 0.259 e. The lowest BCUT2D eigenvalue weighted by Gasteiger charge is -2.17. The number of aromatic nitrogens is 2. The molecule has 0 spiro atoms. The van der Waals surface area contributed by atoms with Crippen LogP contribution >= 0.6 is 27.7 Å². The lowest BCUT2D eigenvalue weighted by molar-refractivity contribution is 0.0990. The first-order chi connectivity index (χ1) is 14.1. The Kier molecular flexibility index (Phi) is 4.49. The average Bonchev–Trinajstić information content (AvgIpc) is 3.20. The van der Waals surface area contributed by atoms with E-state index in [1.807, 2.05) is 66.7 Å². The summed E-state index contributed by atoms with van der Waals surface area (Å²) in [4.78, 5) is 20.9. The van der Waals surface area contributed by atoms with Crippen LogP contribution in [0.15, 0.2) is 85.5 Å². The van der Waals surface area contributed by atoms with Gasteiger partial charge in [-0.1, -0.05) is 51.0 Å². The van der Waals surface area contributed by atoms with Crippen molar-refractivity contribution in [2.75, 3.05) is 11.9 Å². The Labute approximate surface area is 179 Å². The topological polar surface area (TPSA) is 59.2 Å². The molecular weight excluding hydrogens is 450 g/mol. The zero-order valence-electron chi connectivity index (χ0n) is 15.3. The molecule has 29 heavy (non-hydrogen) atoms. The molecule has 1 aliphatic rings. The van der Waals surface area contributed by atoms with Gasteiger partial charge in [0.15, 0.2) is 0 Å². The van der Waals surface area contributed by atoms with Crippen LogP contribution in [0.4, 0.5) is 5.69 Å². The van der Waals surface area contributed by atoms with Gasteiger partial charge in [-0.15, -0.1) is 0 Å². The SMILES string of the molecule is CN1C(=O)c2ccccc2Sc2cc(-c3noc(-c4cccc(Br)c4)n3)ccc21. The molecule has 0 bridgehead atoms. The first-order valence-electron chi connectivity index (χ1n) is 8.89. The number of halogens is 1. The van der Waals surface area contributed by atoms with Crippen molar-refractivity contribution in [2.24, 2.45) is 0 Å². The van der Waals surface area contributed by atoms with Crippen molar-refractivity contribution in [1.29, 1.82) is 0 Å². The fraction of sp³-hybridized carbons (Fsp3) is 0.0455. The van der Waals surface area contributed by atoms with Crippen LogP contribution in [0.3, 0.4) is 0 Å². The fourth-order valence-electron chi connectivity index (χ4n) is 3.23. The van der Waals surface area contributed by atoms with E-state index in [9.17, 15) is 4.79 Å². The largest absolute Gasteiger partial charge is 0.334 e. The van der Waals surface area contributed by atoms with Crippen molar-refractivity contribution in [2.45, 2.75) is 9.79 Å². The lowest BCUT2D eigenvalue weighted by atomic mass is 10.1. The lowest BCUT2D eigenvalue weighted by Crippen LogP contribution is -2.25. The molecule has 5 nitrogen and oxygen atoms in total. The molecule has 0 N–H and O–H groups in total. The van der Waals surface area contributed by atoms with Crippen LogP contribution in [0, 0.1) is 0 Å². The molecule has 0 atom stereocenters. The maximum absolute atomic E-state index is 12.8. The van der Waals surface area contributed by atoms with Gasteiger partial charge in [0.2, 0.25) is 5.82 Å². The number of amides is 1. The van der Waals surface area contributed by atoms with Gasteiger partial charge in [-0.05, 0) is 48.5 Å². The Morgan fingerprint density at radius 2 is 1.83 bits per heavy atom. The van der Waals surface area contributed by atoms with Crippen LogP contribution in [0.5, 0.6) is 0 Å². The molecule has 1 amide bonds. The summed E-state index contributed by atoms with van der Waals surface area (Å²) in [6, 6.07) is 21.2. The van der Waals surface area contributed by atoms with Crippen LogP contribution in [0.2, 0.25) is 0 Å². The normalized spacial score (nSPS) is 13.0. The Morgan fingerprint density at radius 1 is 0.966 bits per heavy atom. The van der Waals surface area contributed by atoms with Gasteiger partial charge >= 0.3 is 0 Å². The third kappa shape index (κ3) is 3.26. The monoisotopic (exact) mass is 463 g/mol. The number of benzene rings is 3. The van der Waals surface area contributed by atoms with Gasteiger partial charge in [0.05, 0.1) is 11.3 Å². The fourth-order valence-corrected chi connectivity index (χ4v) is 4.78. The zero-order chi connectivity index (χ0) is 20.0. The van der Waals surface area contributed by atoms with Crippen molar-refractivity contribution in [1.82, 2.24) is 10.1 Å². The highest BCUT2D eigenvalue weighted by molar-refractivity contribution is 9.10. The molecule has 0 fully saturated rings. The van der Waals surface area contributed by atoms with Crippen LogP contribution in [0.25, 0.3) is 22.8 Å². The van der Waals surface area contributed by atoms with E-state index in [1.54, 1.807) is 23.7 Å². The van der Waals surface area contributed by atoms with E-state index in [0.29, 0.717) is 17.3 Å². The molecule has 7 heteroatoms. The summed E-state index contributed by atoms with van der Waals surface area (Å²) in [7, 11) is 1.79. The van der Waals surface area contributed by atoms with Gasteiger partial charge in [0.25, 0.3) is 11.8 Å². The van der Waals surface area contributed by atoms with Gasteiger partial charge in [0.1, 0.15) is 0 Å². The summed E-state index contributed by atoms with van der Waals surface area (Å²) in [5.74, 6) is 0.951. The molecule has 3 aromatic carbocycles. The second-order valence-corrected chi connectivity index (χ2v) is 8.58. The summed E-state index contributed by atoms with van der Waals surface area (Å²) in [6.45, 7) is 0. The number of fused-ring (bicyclic) bond motifs is 2. The van der Waals surface area contributed by atoms with Gasteiger partial charge in [-0.25, -0.2) is 0 Å². The van der Waals surface area contributed by atoms with E-state index in [1.165, 1.54) is 0 Å². The summed E-state index contributed by atoms with van der Waals surface area (Å²) >= 11 is 5.03. The Morgan fingerprint density at radius 3 is 2.69 bits per heavy atom. The average molecular weight is 464 g/mol. The quantitative estimate of drug-likeness (QED) is 0.369. The predicted molar refractivity (Wildman–Crippen MR) is 116 cm³/mol. The number of carbonyl (C=O) groups excluding carboxylic acids is 1. The number of hydrogen-bond acceptors (Lipinski definition) is 5. The highest BCUT2D eigenvalue weighted by Gasteiger charge is 2.25. The van der Waals surface area contributed by atoms with Crippen molar-refractivity contribution in [3.63, 3.8) is 0 Å². The minimum absolute atomic E-state index is 0.0175. The number of anilines is 1. The molecule has 1 aromatic heterocycles. The maximum Gasteiger partial charge on any atom is 0.259 e. The number of rotatable bonds is 2. The van der Waals surface area contributed by atoms with E-state index in [2.05, 4.69) is 26.1 Å². The zero-order valence-corrected chi connectivity index (χ0v) is 17.7. The minimum Gasteiger partial charge on any atom is -0.334 e. The summed E-state index contributed by atoms with van der Waals surface area (Å²) in [5, 5.41) is 4.15. The Balaban J connectivity index is 1.55. The van der Waals surface area contributed by atoms with Crippen molar-refractivity contribution in [3.05, 3.63) is 76.8 Å². The molecule has 0 saturated carbocycles. The van der Waals surface area contributed by atoms with Crippen LogP contribution in [-0.2, 0) is 0 Å². The third-order valence-corrected chi connectivity index (χ3v) is 6.34. The third-order valence-electron chi connectivity index (χ3n) is 4.72. The van der Waals surface area contributed by atoms with Crippen LogP contribution < -0.4 is 4.90 Å².